The first-order valence-corrected chi connectivity index (χ1v) is 15.8. The molecule has 0 aromatic heterocycles. The molecule has 0 aliphatic carbocycles. The quantitative estimate of drug-likeness (QED) is 0.111. The number of benzene rings is 3. The molecule has 3 rings (SSSR count). The van der Waals surface area contributed by atoms with Gasteiger partial charge in [0.2, 0.25) is 0 Å². The first kappa shape index (κ1) is 33.2. The number of esters is 2. The molecule has 6 nitrogen and oxygen atoms in total. The lowest BCUT2D eigenvalue weighted by molar-refractivity contribution is -0.148. The van der Waals surface area contributed by atoms with Crippen LogP contribution in [0.25, 0.3) is 21.5 Å². The van der Waals surface area contributed by atoms with Gasteiger partial charge in [0, 0.05) is 21.5 Å². The van der Waals surface area contributed by atoms with Gasteiger partial charge in [0.05, 0.1) is 13.2 Å². The molecule has 0 radical (unpaired) electrons. The largest absolute Gasteiger partial charge is 0.481 e. The van der Waals surface area contributed by atoms with Crippen molar-refractivity contribution < 1.29 is 28.5 Å². The summed E-state index contributed by atoms with van der Waals surface area (Å²) in [7, 11) is 0. The van der Waals surface area contributed by atoms with Gasteiger partial charge in [-0.1, -0.05) is 102 Å². The maximum Gasteiger partial charge on any atom is 0.344 e. The second kappa shape index (κ2) is 17.0. The third-order valence-electron chi connectivity index (χ3n) is 8.12. The number of ether oxygens (including phenoxy) is 4. The summed E-state index contributed by atoms with van der Waals surface area (Å²) in [5, 5.41) is 3.32. The Labute approximate surface area is 252 Å². The van der Waals surface area contributed by atoms with Crippen molar-refractivity contribution in [2.45, 2.75) is 92.9 Å². The Morgan fingerprint density at radius 2 is 1.26 bits per heavy atom. The molecule has 3 aromatic carbocycles. The fraction of sp³-hybridized carbons (Fsp3) is 0.556. The molecule has 2 atom stereocenters. The van der Waals surface area contributed by atoms with E-state index in [4.69, 9.17) is 18.9 Å². The fourth-order valence-electron chi connectivity index (χ4n) is 5.35. The minimum Gasteiger partial charge on any atom is -0.481 e. The molecular weight excluding hydrogens is 528 g/mol. The van der Waals surface area contributed by atoms with Crippen LogP contribution in [-0.2, 0) is 19.1 Å². The van der Waals surface area contributed by atoms with E-state index in [9.17, 15) is 9.59 Å². The van der Waals surface area contributed by atoms with Crippen LogP contribution in [0.2, 0.25) is 0 Å². The van der Waals surface area contributed by atoms with Gasteiger partial charge in [-0.25, -0.2) is 9.59 Å². The predicted molar refractivity (Wildman–Crippen MR) is 170 cm³/mol. The highest BCUT2D eigenvalue weighted by Gasteiger charge is 2.21. The topological polar surface area (TPSA) is 71.1 Å². The Morgan fingerprint density at radius 1 is 0.690 bits per heavy atom. The molecular formula is C36H50O6. The number of hydrogen-bond donors (Lipinski definition) is 0. The lowest BCUT2D eigenvalue weighted by Crippen LogP contribution is -2.20. The van der Waals surface area contributed by atoms with E-state index in [2.05, 4.69) is 27.7 Å². The lowest BCUT2D eigenvalue weighted by atomic mass is 9.96. The van der Waals surface area contributed by atoms with E-state index >= 15 is 0 Å². The van der Waals surface area contributed by atoms with Crippen molar-refractivity contribution in [3.8, 4) is 11.5 Å². The van der Waals surface area contributed by atoms with Crippen LogP contribution in [-0.4, -0.2) is 38.4 Å². The van der Waals surface area contributed by atoms with E-state index in [-0.39, 0.29) is 25.2 Å². The minimum atomic E-state index is -0.376. The second-order valence-corrected chi connectivity index (χ2v) is 11.5. The van der Waals surface area contributed by atoms with Gasteiger partial charge in [0.15, 0.2) is 13.2 Å². The van der Waals surface area contributed by atoms with Gasteiger partial charge in [-0.15, -0.1) is 0 Å². The van der Waals surface area contributed by atoms with E-state index in [0.29, 0.717) is 36.5 Å². The predicted octanol–water partition coefficient (Wildman–Crippen LogP) is 8.89. The first-order chi connectivity index (χ1) is 20.3. The molecule has 0 saturated heterocycles. The number of carbonyl (C=O) groups excluding carboxylic acids is 2. The third kappa shape index (κ3) is 9.11. The summed E-state index contributed by atoms with van der Waals surface area (Å²) in [6, 6.07) is 12.0. The summed E-state index contributed by atoms with van der Waals surface area (Å²) < 4.78 is 23.7. The average molecular weight is 579 g/mol. The summed E-state index contributed by atoms with van der Waals surface area (Å²) in [6.45, 7) is 13.1. The van der Waals surface area contributed by atoms with Crippen LogP contribution >= 0.6 is 0 Å². The number of hydrogen-bond acceptors (Lipinski definition) is 6. The molecule has 0 bridgehead atoms. The Kier molecular flexibility index (Phi) is 13.4. The maximum atomic E-state index is 12.7. The maximum absolute atomic E-state index is 12.7. The Morgan fingerprint density at radius 3 is 1.81 bits per heavy atom. The SMILES string of the molecule is CCCCC(CC)COC(=O)COc1c2cc(C)ccc2c(OCC(=O)OCC(CC)CCCC)c2c(C)cccc12. The molecule has 0 fully saturated rings. The van der Waals surface area contributed by atoms with E-state index < -0.39 is 0 Å². The van der Waals surface area contributed by atoms with Crippen LogP contribution in [0.15, 0.2) is 36.4 Å². The van der Waals surface area contributed by atoms with Crippen molar-refractivity contribution >= 4 is 33.5 Å². The van der Waals surface area contributed by atoms with Gasteiger partial charge in [0.1, 0.15) is 11.5 Å². The van der Waals surface area contributed by atoms with Crippen LogP contribution in [0.5, 0.6) is 11.5 Å². The van der Waals surface area contributed by atoms with Crippen LogP contribution in [0, 0.1) is 25.7 Å². The highest BCUT2D eigenvalue weighted by molar-refractivity contribution is 6.12. The van der Waals surface area contributed by atoms with Gasteiger partial charge in [0.25, 0.3) is 0 Å². The minimum absolute atomic E-state index is 0.181. The summed E-state index contributed by atoms with van der Waals surface area (Å²) in [5.74, 6) is 1.21. The first-order valence-electron chi connectivity index (χ1n) is 15.8. The lowest BCUT2D eigenvalue weighted by Gasteiger charge is -2.20. The molecule has 42 heavy (non-hydrogen) atoms. The fourth-order valence-corrected chi connectivity index (χ4v) is 5.35. The molecule has 0 saturated carbocycles. The molecule has 0 N–H and O–H groups in total. The summed E-state index contributed by atoms with van der Waals surface area (Å²) in [6.07, 6.45) is 8.60. The zero-order valence-electron chi connectivity index (χ0n) is 26.6. The summed E-state index contributed by atoms with van der Waals surface area (Å²) >= 11 is 0. The Balaban J connectivity index is 1.84. The van der Waals surface area contributed by atoms with Crippen molar-refractivity contribution in [3.63, 3.8) is 0 Å². The highest BCUT2D eigenvalue weighted by atomic mass is 16.6. The van der Waals surface area contributed by atoms with Gasteiger partial charge < -0.3 is 18.9 Å². The van der Waals surface area contributed by atoms with Gasteiger partial charge in [-0.2, -0.15) is 0 Å². The van der Waals surface area contributed by atoms with Crippen LogP contribution in [0.1, 0.15) is 90.2 Å². The molecule has 6 heteroatoms. The monoisotopic (exact) mass is 578 g/mol. The van der Waals surface area contributed by atoms with Crippen molar-refractivity contribution in [1.29, 1.82) is 0 Å². The molecule has 0 heterocycles. The molecule has 0 aliphatic heterocycles. The Hall–Kier alpha value is -3.28. The van der Waals surface area contributed by atoms with Gasteiger partial charge in [-0.05, 0) is 50.2 Å². The zero-order chi connectivity index (χ0) is 30.5. The van der Waals surface area contributed by atoms with Crippen LogP contribution in [0.4, 0.5) is 0 Å². The van der Waals surface area contributed by atoms with E-state index in [1.807, 2.05) is 50.2 Å². The molecule has 0 spiro atoms. The standard InChI is InChI=1S/C36H50O6/c1-7-11-15-27(9-3)21-39-32(37)23-41-35-30-17-13-14-26(6)34(30)36(29-19-18-25(5)20-31(29)35)42-24-33(38)40-22-28(10-4)16-12-8-2/h13-14,17-20,27-28H,7-12,15-16,21-24H2,1-6H3. The molecule has 230 valence electrons. The van der Waals surface area contributed by atoms with E-state index in [1.54, 1.807) is 0 Å². The zero-order valence-corrected chi connectivity index (χ0v) is 26.6. The highest BCUT2D eigenvalue weighted by Crippen LogP contribution is 2.44. The van der Waals surface area contributed by atoms with E-state index in [1.165, 1.54) is 0 Å². The third-order valence-corrected chi connectivity index (χ3v) is 8.12. The van der Waals surface area contributed by atoms with Crippen LogP contribution in [0.3, 0.4) is 0 Å². The van der Waals surface area contributed by atoms with Gasteiger partial charge in [-0.3, -0.25) is 0 Å². The number of fused-ring (bicyclic) bond motifs is 2. The molecule has 0 amide bonds. The van der Waals surface area contributed by atoms with Crippen molar-refractivity contribution in [2.75, 3.05) is 26.4 Å². The van der Waals surface area contributed by atoms with E-state index in [0.717, 1.165) is 84.0 Å². The average Bonchev–Trinajstić information content (AvgIpc) is 2.99. The number of unbranched alkanes of at least 4 members (excludes halogenated alkanes) is 2. The smallest absolute Gasteiger partial charge is 0.344 e. The van der Waals surface area contributed by atoms with Crippen molar-refractivity contribution in [1.82, 2.24) is 0 Å². The van der Waals surface area contributed by atoms with Crippen LogP contribution < -0.4 is 9.47 Å². The molecule has 0 aliphatic rings. The normalized spacial score (nSPS) is 12.7. The Bertz CT molecular complexity index is 1310. The number of aryl methyl sites for hydroxylation is 2. The number of carbonyl (C=O) groups is 2. The van der Waals surface area contributed by atoms with Crippen molar-refractivity contribution in [2.24, 2.45) is 11.8 Å². The molecule has 2 unspecified atom stereocenters. The summed E-state index contributed by atoms with van der Waals surface area (Å²) in [4.78, 5) is 25.5. The number of rotatable bonds is 18. The summed E-state index contributed by atoms with van der Waals surface area (Å²) in [5.41, 5.74) is 2.03. The second-order valence-electron chi connectivity index (χ2n) is 11.5. The molecule has 3 aromatic rings. The van der Waals surface area contributed by atoms with Crippen molar-refractivity contribution in [3.05, 3.63) is 47.5 Å². The van der Waals surface area contributed by atoms with Gasteiger partial charge >= 0.3 is 11.9 Å².